The third kappa shape index (κ3) is 4.05. The van der Waals surface area contributed by atoms with E-state index in [1.54, 1.807) is 0 Å². The number of hydrogen-bond acceptors (Lipinski definition) is 1. The fourth-order valence-corrected chi connectivity index (χ4v) is 7.14. The fourth-order valence-electron chi connectivity index (χ4n) is 1.66. The molecule has 0 saturated carbocycles. The van der Waals surface area contributed by atoms with Crippen LogP contribution in [0.4, 0.5) is 0 Å². The quantitative estimate of drug-likeness (QED) is 0.496. The van der Waals surface area contributed by atoms with Crippen LogP contribution in [0, 0.1) is 0 Å². The molecule has 0 spiro atoms. The molecule has 0 aliphatic heterocycles. The number of alkyl halides is 1. The minimum Gasteiger partial charge on any atom is -0.416 e. The summed E-state index contributed by atoms with van der Waals surface area (Å²) in [5.74, 6) is 0. The summed E-state index contributed by atoms with van der Waals surface area (Å²) in [5, 5.41) is 0. The summed E-state index contributed by atoms with van der Waals surface area (Å²) in [5.41, 5.74) is 0. The molecule has 0 radical (unpaired) electrons. The first-order valence-electron chi connectivity index (χ1n) is 4.94. The van der Waals surface area contributed by atoms with Crippen molar-refractivity contribution in [2.75, 3.05) is 11.6 Å². The molecule has 0 saturated heterocycles. The first-order chi connectivity index (χ1) is 5.74. The standard InChI is InChI=1S/C9H21BrOSi/c1-4-7-12(9-10,8-5-2)11-6-3/h4-9H2,1-3H3. The zero-order chi connectivity index (χ0) is 9.45. The van der Waals surface area contributed by atoms with Crippen LogP contribution in [-0.4, -0.2) is 19.9 Å². The van der Waals surface area contributed by atoms with E-state index in [1.165, 1.54) is 24.9 Å². The van der Waals surface area contributed by atoms with Crippen molar-refractivity contribution in [3.8, 4) is 0 Å². The summed E-state index contributed by atoms with van der Waals surface area (Å²) in [6, 6.07) is 2.61. The Labute approximate surface area is 86.1 Å². The molecule has 0 unspecified atom stereocenters. The molecule has 12 heavy (non-hydrogen) atoms. The Balaban J connectivity index is 4.06. The van der Waals surface area contributed by atoms with Gasteiger partial charge in [0.1, 0.15) is 0 Å². The molecule has 0 aromatic carbocycles. The molecule has 0 aliphatic rings. The molecule has 0 heterocycles. The second-order valence-electron chi connectivity index (χ2n) is 3.25. The number of halogens is 1. The van der Waals surface area contributed by atoms with E-state index in [0.29, 0.717) is 0 Å². The van der Waals surface area contributed by atoms with Gasteiger partial charge in [-0.3, -0.25) is 0 Å². The van der Waals surface area contributed by atoms with Gasteiger partial charge in [-0.25, -0.2) is 0 Å². The lowest BCUT2D eigenvalue weighted by Gasteiger charge is -2.28. The number of hydrogen-bond donors (Lipinski definition) is 0. The Hall–Kier alpha value is 0.657. The highest BCUT2D eigenvalue weighted by atomic mass is 79.9. The first-order valence-corrected chi connectivity index (χ1v) is 8.59. The molecule has 0 atom stereocenters. The predicted octanol–water partition coefficient (Wildman–Crippen LogP) is 3.72. The van der Waals surface area contributed by atoms with Gasteiger partial charge in [0.2, 0.25) is 8.32 Å². The van der Waals surface area contributed by atoms with E-state index in [4.69, 9.17) is 4.43 Å². The topological polar surface area (TPSA) is 9.23 Å². The smallest absolute Gasteiger partial charge is 0.203 e. The highest BCUT2D eigenvalue weighted by Crippen LogP contribution is 2.23. The third-order valence-corrected chi connectivity index (χ3v) is 9.38. The molecule has 0 fully saturated rings. The Morgan fingerprint density at radius 3 is 1.83 bits per heavy atom. The van der Waals surface area contributed by atoms with Crippen molar-refractivity contribution in [3.05, 3.63) is 0 Å². The molecule has 0 amide bonds. The van der Waals surface area contributed by atoms with Crippen LogP contribution in [0.15, 0.2) is 0 Å². The molecule has 3 heteroatoms. The van der Waals surface area contributed by atoms with Crippen LogP contribution in [0.1, 0.15) is 33.6 Å². The molecular formula is C9H21BrOSi. The predicted molar refractivity (Wildman–Crippen MR) is 61.4 cm³/mol. The minimum absolute atomic E-state index is 0.887. The first kappa shape index (κ1) is 12.7. The van der Waals surface area contributed by atoms with E-state index in [9.17, 15) is 0 Å². The number of rotatable bonds is 7. The summed E-state index contributed by atoms with van der Waals surface area (Å²) in [6.45, 7) is 7.49. The minimum atomic E-state index is -1.35. The van der Waals surface area contributed by atoms with Crippen LogP contribution >= 0.6 is 15.9 Å². The van der Waals surface area contributed by atoms with E-state index in [0.717, 1.165) is 11.6 Å². The summed E-state index contributed by atoms with van der Waals surface area (Å²) in [4.78, 5) is 1.11. The van der Waals surface area contributed by atoms with Gasteiger partial charge in [-0.05, 0) is 19.0 Å². The molecule has 0 rings (SSSR count). The second-order valence-corrected chi connectivity index (χ2v) is 8.85. The zero-order valence-corrected chi connectivity index (χ0v) is 11.1. The van der Waals surface area contributed by atoms with Crippen LogP contribution in [0.3, 0.4) is 0 Å². The highest BCUT2D eigenvalue weighted by Gasteiger charge is 2.31. The van der Waals surface area contributed by atoms with Crippen molar-refractivity contribution in [1.82, 2.24) is 0 Å². The van der Waals surface area contributed by atoms with E-state index in [1.807, 2.05) is 0 Å². The molecule has 0 aromatic heterocycles. The molecule has 0 bridgehead atoms. The SMILES string of the molecule is CCC[Si](CBr)(CCC)OCC. The molecule has 1 nitrogen and oxygen atoms in total. The average Bonchev–Trinajstić information content (AvgIpc) is 2.06. The van der Waals surface area contributed by atoms with E-state index < -0.39 is 8.32 Å². The maximum Gasteiger partial charge on any atom is 0.203 e. The Morgan fingerprint density at radius 2 is 1.58 bits per heavy atom. The van der Waals surface area contributed by atoms with Gasteiger partial charge in [0.05, 0.1) is 0 Å². The normalized spacial score (nSPS) is 12.0. The molecule has 0 N–H and O–H groups in total. The van der Waals surface area contributed by atoms with E-state index in [-0.39, 0.29) is 0 Å². The maximum atomic E-state index is 5.95. The molecular weight excluding hydrogens is 232 g/mol. The third-order valence-electron chi connectivity index (χ3n) is 2.11. The average molecular weight is 253 g/mol. The van der Waals surface area contributed by atoms with Crippen LogP contribution in [0.25, 0.3) is 0 Å². The van der Waals surface area contributed by atoms with Crippen molar-refractivity contribution in [2.45, 2.75) is 45.7 Å². The van der Waals surface area contributed by atoms with E-state index >= 15 is 0 Å². The van der Waals surface area contributed by atoms with Gasteiger partial charge in [-0.1, -0.05) is 42.6 Å². The summed E-state index contributed by atoms with van der Waals surface area (Å²) >= 11 is 3.61. The van der Waals surface area contributed by atoms with Gasteiger partial charge in [-0.15, -0.1) is 0 Å². The van der Waals surface area contributed by atoms with Crippen molar-refractivity contribution in [3.63, 3.8) is 0 Å². The van der Waals surface area contributed by atoms with Gasteiger partial charge in [0.25, 0.3) is 0 Å². The van der Waals surface area contributed by atoms with Crippen LogP contribution in [-0.2, 0) is 4.43 Å². The Kier molecular flexibility index (Phi) is 7.49. The van der Waals surface area contributed by atoms with Crippen molar-refractivity contribution in [2.24, 2.45) is 0 Å². The fraction of sp³-hybridized carbons (Fsp3) is 1.00. The summed E-state index contributed by atoms with van der Waals surface area (Å²) < 4.78 is 5.95. The largest absolute Gasteiger partial charge is 0.416 e. The lowest BCUT2D eigenvalue weighted by Crippen LogP contribution is -2.40. The summed E-state index contributed by atoms with van der Waals surface area (Å²) in [7, 11) is -1.35. The van der Waals surface area contributed by atoms with E-state index in [2.05, 4.69) is 36.7 Å². The van der Waals surface area contributed by atoms with Crippen LogP contribution < -0.4 is 0 Å². The second kappa shape index (κ2) is 7.10. The van der Waals surface area contributed by atoms with Gasteiger partial charge >= 0.3 is 0 Å². The highest BCUT2D eigenvalue weighted by molar-refractivity contribution is 9.09. The monoisotopic (exact) mass is 252 g/mol. The molecule has 74 valence electrons. The van der Waals surface area contributed by atoms with Crippen molar-refractivity contribution in [1.29, 1.82) is 0 Å². The lowest BCUT2D eigenvalue weighted by atomic mass is 10.6. The van der Waals surface area contributed by atoms with Gasteiger partial charge in [0.15, 0.2) is 0 Å². The van der Waals surface area contributed by atoms with Crippen molar-refractivity contribution < 1.29 is 4.43 Å². The maximum absolute atomic E-state index is 5.95. The molecule has 0 aliphatic carbocycles. The van der Waals surface area contributed by atoms with Crippen molar-refractivity contribution >= 4 is 24.2 Å². The zero-order valence-electron chi connectivity index (χ0n) is 8.53. The Morgan fingerprint density at radius 1 is 1.08 bits per heavy atom. The van der Waals surface area contributed by atoms with Gasteiger partial charge in [0, 0.05) is 11.6 Å². The van der Waals surface area contributed by atoms with Gasteiger partial charge < -0.3 is 4.43 Å². The van der Waals surface area contributed by atoms with Gasteiger partial charge in [-0.2, -0.15) is 0 Å². The lowest BCUT2D eigenvalue weighted by molar-refractivity contribution is 0.322. The Bertz CT molecular complexity index is 91.7. The van der Waals surface area contributed by atoms with Crippen LogP contribution in [0.5, 0.6) is 0 Å². The molecule has 0 aromatic rings. The van der Waals surface area contributed by atoms with Crippen LogP contribution in [0.2, 0.25) is 12.1 Å². The summed E-state index contributed by atoms with van der Waals surface area (Å²) in [6.07, 6.45) is 2.52.